The van der Waals surface area contributed by atoms with E-state index in [1.165, 1.54) is 0 Å². The lowest BCUT2D eigenvalue weighted by molar-refractivity contribution is 0.206. The Balaban J connectivity index is 2.19. The van der Waals surface area contributed by atoms with Gasteiger partial charge in [0.2, 0.25) is 0 Å². The van der Waals surface area contributed by atoms with Crippen molar-refractivity contribution in [3.8, 4) is 5.75 Å². The normalized spacial score (nSPS) is 11.8. The molecule has 2 aromatic carbocycles. The summed E-state index contributed by atoms with van der Waals surface area (Å²) in [5.74, 6) is 0.219. The lowest BCUT2D eigenvalue weighted by Gasteiger charge is -2.10. The molecule has 26 heavy (non-hydrogen) atoms. The van der Waals surface area contributed by atoms with Crippen molar-refractivity contribution in [3.63, 3.8) is 0 Å². The van der Waals surface area contributed by atoms with Crippen LogP contribution in [0.2, 0.25) is 0 Å². The number of ether oxygens (including phenoxy) is 1. The summed E-state index contributed by atoms with van der Waals surface area (Å²) in [7, 11) is -3.95. The van der Waals surface area contributed by atoms with Gasteiger partial charge < -0.3 is 4.74 Å². The van der Waals surface area contributed by atoms with E-state index in [4.69, 9.17) is 4.74 Å². The zero-order valence-corrected chi connectivity index (χ0v) is 15.2. The van der Waals surface area contributed by atoms with Gasteiger partial charge in [0.25, 0.3) is 0 Å². The van der Waals surface area contributed by atoms with E-state index in [9.17, 15) is 13.2 Å². The molecule has 0 atom stereocenters. The molecule has 0 aromatic heterocycles. The predicted molar refractivity (Wildman–Crippen MR) is 100 cm³/mol. The molecule has 138 valence electrons. The second kappa shape index (κ2) is 9.69. The molecule has 0 saturated heterocycles. The Morgan fingerprint density at radius 1 is 1.04 bits per heavy atom. The van der Waals surface area contributed by atoms with Crippen molar-refractivity contribution in [3.05, 3.63) is 66.2 Å². The molecule has 0 radical (unpaired) electrons. The predicted octanol–water partition coefficient (Wildman–Crippen LogP) is 2.86. The van der Waals surface area contributed by atoms with Gasteiger partial charge in [0.15, 0.2) is 5.84 Å². The third kappa shape index (κ3) is 6.66. The lowest BCUT2D eigenvalue weighted by Crippen LogP contribution is -2.35. The Morgan fingerprint density at radius 3 is 2.27 bits per heavy atom. The van der Waals surface area contributed by atoms with Crippen molar-refractivity contribution in [2.24, 2.45) is 4.40 Å². The van der Waals surface area contributed by atoms with Crippen LogP contribution in [0.15, 0.2) is 65.1 Å². The van der Waals surface area contributed by atoms with Crippen LogP contribution in [0.4, 0.5) is 4.79 Å². The number of nitrogens with zero attached hydrogens (tertiary/aromatic N) is 1. The standard InChI is InChI=1S/C18H21N3O4S/c1-2-3-14-19-26(23,24)21-17(15-10-6-4-7-11-15)20-18(22)25-16-12-8-5-9-13-16/h4-13,19H,2-3,14H2,1H3,(H,20,21,22). The summed E-state index contributed by atoms with van der Waals surface area (Å²) in [5, 5.41) is 2.40. The number of hydrogen-bond acceptors (Lipinski definition) is 4. The molecule has 1 amide bonds. The van der Waals surface area contributed by atoms with E-state index < -0.39 is 16.3 Å². The Morgan fingerprint density at radius 2 is 1.65 bits per heavy atom. The van der Waals surface area contributed by atoms with Crippen LogP contribution in [0.5, 0.6) is 5.75 Å². The van der Waals surface area contributed by atoms with Gasteiger partial charge in [0.1, 0.15) is 5.75 Å². The van der Waals surface area contributed by atoms with E-state index in [0.29, 0.717) is 17.7 Å². The average molecular weight is 375 g/mol. The van der Waals surface area contributed by atoms with E-state index >= 15 is 0 Å². The van der Waals surface area contributed by atoms with Crippen LogP contribution in [0.25, 0.3) is 0 Å². The summed E-state index contributed by atoms with van der Waals surface area (Å²) in [4.78, 5) is 12.1. The van der Waals surface area contributed by atoms with Gasteiger partial charge in [-0.15, -0.1) is 4.40 Å². The van der Waals surface area contributed by atoms with Gasteiger partial charge in [-0.05, 0) is 18.6 Å². The van der Waals surface area contributed by atoms with E-state index in [1.54, 1.807) is 60.7 Å². The summed E-state index contributed by atoms with van der Waals surface area (Å²) >= 11 is 0. The van der Waals surface area contributed by atoms with Gasteiger partial charge in [-0.1, -0.05) is 61.9 Å². The second-order valence-corrected chi connectivity index (χ2v) is 6.78. The Kier molecular flexibility index (Phi) is 7.31. The number of benzene rings is 2. The van der Waals surface area contributed by atoms with Crippen molar-refractivity contribution in [1.82, 2.24) is 10.0 Å². The van der Waals surface area contributed by atoms with E-state index in [1.807, 2.05) is 6.92 Å². The lowest BCUT2D eigenvalue weighted by atomic mass is 10.2. The third-order valence-electron chi connectivity index (χ3n) is 3.25. The van der Waals surface area contributed by atoms with Crippen molar-refractivity contribution in [2.45, 2.75) is 19.8 Å². The highest BCUT2D eigenvalue weighted by Gasteiger charge is 2.15. The van der Waals surface area contributed by atoms with Crippen LogP contribution >= 0.6 is 0 Å². The van der Waals surface area contributed by atoms with Crippen LogP contribution in [0.3, 0.4) is 0 Å². The minimum absolute atomic E-state index is 0.115. The molecule has 8 heteroatoms. The Bertz CT molecular complexity index is 837. The van der Waals surface area contributed by atoms with Gasteiger partial charge in [-0.2, -0.15) is 13.1 Å². The number of hydrogen-bond donors (Lipinski definition) is 2. The first-order valence-corrected chi connectivity index (χ1v) is 9.63. The zero-order chi connectivity index (χ0) is 18.8. The van der Waals surface area contributed by atoms with Gasteiger partial charge >= 0.3 is 16.3 Å². The molecular formula is C18H21N3O4S. The minimum atomic E-state index is -3.95. The van der Waals surface area contributed by atoms with Gasteiger partial charge in [0, 0.05) is 12.1 Å². The summed E-state index contributed by atoms with van der Waals surface area (Å²) in [6.45, 7) is 2.23. The minimum Gasteiger partial charge on any atom is -0.410 e. The fraction of sp³-hybridized carbons (Fsp3) is 0.222. The summed E-state index contributed by atoms with van der Waals surface area (Å²) in [6, 6.07) is 16.9. The first kappa shape index (κ1) is 19.6. The maximum Gasteiger partial charge on any atom is 0.418 e. The number of rotatable bonds is 7. The first-order valence-electron chi connectivity index (χ1n) is 8.19. The summed E-state index contributed by atoms with van der Waals surface area (Å²) < 4.78 is 35.5. The topological polar surface area (TPSA) is 96.9 Å². The molecule has 0 unspecified atom stereocenters. The van der Waals surface area contributed by atoms with E-state index in [0.717, 1.165) is 6.42 Å². The maximum absolute atomic E-state index is 12.1. The van der Waals surface area contributed by atoms with Crippen LogP contribution in [-0.4, -0.2) is 26.9 Å². The van der Waals surface area contributed by atoms with Crippen LogP contribution in [-0.2, 0) is 10.2 Å². The quantitative estimate of drug-likeness (QED) is 0.442. The SMILES string of the molecule is CCCCNS(=O)(=O)N=C(NC(=O)Oc1ccccc1)c1ccccc1. The highest BCUT2D eigenvalue weighted by molar-refractivity contribution is 7.88. The van der Waals surface area contributed by atoms with Crippen LogP contribution in [0, 0.1) is 0 Å². The first-order chi connectivity index (χ1) is 12.5. The maximum atomic E-state index is 12.1. The number of amidine groups is 1. The number of unbranched alkanes of at least 4 members (excludes halogenated alkanes) is 1. The molecule has 0 heterocycles. The van der Waals surface area contributed by atoms with E-state index in [-0.39, 0.29) is 12.4 Å². The second-order valence-electron chi connectivity index (χ2n) is 5.36. The molecule has 0 fully saturated rings. The van der Waals surface area contributed by atoms with Crippen molar-refractivity contribution >= 4 is 22.1 Å². The summed E-state index contributed by atoms with van der Waals surface area (Å²) in [6.07, 6.45) is 0.709. The molecule has 0 bridgehead atoms. The number of carbonyl (C=O) groups is 1. The summed E-state index contributed by atoms with van der Waals surface area (Å²) in [5.41, 5.74) is 0.443. The molecule has 0 aliphatic carbocycles. The largest absolute Gasteiger partial charge is 0.418 e. The van der Waals surface area contributed by atoms with Crippen LogP contribution < -0.4 is 14.8 Å². The zero-order valence-electron chi connectivity index (χ0n) is 14.4. The highest BCUT2D eigenvalue weighted by Crippen LogP contribution is 2.09. The molecule has 2 aromatic rings. The van der Waals surface area contributed by atoms with Gasteiger partial charge in [-0.3, -0.25) is 5.32 Å². The Labute approximate surface area is 153 Å². The monoisotopic (exact) mass is 375 g/mol. The molecule has 2 N–H and O–H groups in total. The molecule has 0 saturated carbocycles. The number of amides is 1. The molecule has 0 aliphatic rings. The van der Waals surface area contributed by atoms with Crippen molar-refractivity contribution in [2.75, 3.05) is 6.54 Å². The van der Waals surface area contributed by atoms with E-state index in [2.05, 4.69) is 14.4 Å². The smallest absolute Gasteiger partial charge is 0.410 e. The van der Waals surface area contributed by atoms with Crippen molar-refractivity contribution in [1.29, 1.82) is 0 Å². The highest BCUT2D eigenvalue weighted by atomic mass is 32.2. The molecule has 7 nitrogen and oxygen atoms in total. The molecule has 0 aliphatic heterocycles. The molecule has 2 rings (SSSR count). The van der Waals surface area contributed by atoms with Crippen molar-refractivity contribution < 1.29 is 17.9 Å². The molecular weight excluding hydrogens is 354 g/mol. The fourth-order valence-corrected chi connectivity index (χ4v) is 2.85. The number of carbonyl (C=O) groups excluding carboxylic acids is 1. The molecule has 0 spiro atoms. The van der Waals surface area contributed by atoms with Crippen LogP contribution in [0.1, 0.15) is 25.3 Å². The van der Waals surface area contributed by atoms with Gasteiger partial charge in [-0.25, -0.2) is 4.79 Å². The average Bonchev–Trinajstić information content (AvgIpc) is 2.62. The fourth-order valence-electron chi connectivity index (χ4n) is 1.99. The third-order valence-corrected chi connectivity index (χ3v) is 4.24. The number of nitrogens with one attached hydrogen (secondary N) is 2. The number of para-hydroxylation sites is 1. The van der Waals surface area contributed by atoms with Gasteiger partial charge in [0.05, 0.1) is 0 Å². The Hall–Kier alpha value is -2.71.